The number of alkyl halides is 3. The van der Waals surface area contributed by atoms with Crippen molar-refractivity contribution in [3.8, 4) is 17.3 Å². The van der Waals surface area contributed by atoms with Crippen LogP contribution < -0.4 is 10.6 Å². The molecular formula is C31H20F3N5O. The number of halogens is 3. The third-order valence-electron chi connectivity index (χ3n) is 6.28. The number of hydrogen-bond donors (Lipinski definition) is 1. The fraction of sp³-hybridized carbons (Fsp3) is 0.0323. The molecule has 5 aromatic rings. The Morgan fingerprint density at radius 3 is 2.20 bits per heavy atom. The second-order valence-corrected chi connectivity index (χ2v) is 8.73. The van der Waals surface area contributed by atoms with Gasteiger partial charge in [0.25, 0.3) is 0 Å². The summed E-state index contributed by atoms with van der Waals surface area (Å²) in [5.41, 5.74) is 7.31. The van der Waals surface area contributed by atoms with Gasteiger partial charge in [-0.2, -0.15) is 18.4 Å². The van der Waals surface area contributed by atoms with Gasteiger partial charge in [0.1, 0.15) is 0 Å². The molecule has 9 heteroatoms. The smallest absolute Gasteiger partial charge is 0.368 e. The van der Waals surface area contributed by atoms with Crippen LogP contribution in [0, 0.1) is 11.5 Å². The maximum atomic E-state index is 13.9. The molecule has 6 nitrogen and oxygen atoms in total. The Balaban J connectivity index is 1.79. The Kier molecular flexibility index (Phi) is 7.00. The lowest BCUT2D eigenvalue weighted by molar-refractivity contribution is -0.136. The molecule has 0 bridgehead atoms. The minimum Gasteiger partial charge on any atom is -0.368 e. The molecule has 0 radical (unpaired) electrons. The number of aliphatic imine (C=N–C) groups is 1. The number of hydrogen-bond acceptors (Lipinski definition) is 4. The number of benzene rings is 4. The zero-order chi connectivity index (χ0) is 28.3. The monoisotopic (exact) mass is 535 g/mol. The number of fused-ring (bicyclic) bond motifs is 1. The number of pyridine rings is 1. The molecule has 0 atom stereocenters. The van der Waals surface area contributed by atoms with Crippen molar-refractivity contribution >= 4 is 34.0 Å². The second-order valence-electron chi connectivity index (χ2n) is 8.73. The van der Waals surface area contributed by atoms with Crippen molar-refractivity contribution in [3.63, 3.8) is 0 Å². The Bertz CT molecular complexity index is 1780. The predicted octanol–water partition coefficient (Wildman–Crippen LogP) is 7.09. The lowest BCUT2D eigenvalue weighted by Gasteiger charge is -2.24. The van der Waals surface area contributed by atoms with E-state index in [0.29, 0.717) is 22.5 Å². The molecule has 1 aromatic heterocycles. The number of carbonyl (C=O) groups is 1. The maximum absolute atomic E-state index is 13.9. The highest BCUT2D eigenvalue weighted by Crippen LogP contribution is 2.40. The fourth-order valence-corrected chi connectivity index (χ4v) is 4.57. The summed E-state index contributed by atoms with van der Waals surface area (Å²) in [5.74, 6) is -0.497. The standard InChI is InChI=1S/C31H20F3N5O/c32-31(33,34)26-16-8-15-24-27(25(18-37-28(24)26)29(40)20-9-3-1-4-10-20)21-11-7-14-23(17-21)39(30(36)38-19-35)22-12-5-2-6-13-22/h1-18H,(H2,36,38). The van der Waals surface area contributed by atoms with Crippen LogP contribution in [0.5, 0.6) is 0 Å². The van der Waals surface area contributed by atoms with E-state index < -0.39 is 17.5 Å². The van der Waals surface area contributed by atoms with Crippen LogP contribution in [0.4, 0.5) is 24.5 Å². The summed E-state index contributed by atoms with van der Waals surface area (Å²) >= 11 is 0. The highest BCUT2D eigenvalue weighted by Gasteiger charge is 2.34. The van der Waals surface area contributed by atoms with E-state index in [2.05, 4.69) is 9.98 Å². The number of anilines is 2. The van der Waals surface area contributed by atoms with E-state index in [1.54, 1.807) is 85.1 Å². The molecule has 0 fully saturated rings. The van der Waals surface area contributed by atoms with Gasteiger partial charge in [0.2, 0.25) is 12.2 Å². The first-order chi connectivity index (χ1) is 19.3. The van der Waals surface area contributed by atoms with Crippen molar-refractivity contribution in [2.75, 3.05) is 4.90 Å². The number of ketones is 1. The van der Waals surface area contributed by atoms with Crippen molar-refractivity contribution < 1.29 is 18.0 Å². The van der Waals surface area contributed by atoms with Crippen LogP contribution in [0.2, 0.25) is 0 Å². The largest absolute Gasteiger partial charge is 0.418 e. The van der Waals surface area contributed by atoms with E-state index in [0.717, 1.165) is 6.07 Å². The molecule has 0 unspecified atom stereocenters. The SMILES string of the molecule is N#CN=C(N)N(c1ccccc1)c1cccc(-c2c(C(=O)c3ccccc3)cnc3c(C(F)(F)F)cccc23)c1. The molecule has 0 saturated heterocycles. The summed E-state index contributed by atoms with van der Waals surface area (Å²) in [6.07, 6.45) is -1.78. The number of rotatable bonds is 5. The van der Waals surface area contributed by atoms with Gasteiger partial charge in [-0.05, 0) is 35.9 Å². The highest BCUT2D eigenvalue weighted by molar-refractivity contribution is 6.17. The average molecular weight is 536 g/mol. The number of carbonyl (C=O) groups excluding carboxylic acids is 1. The lowest BCUT2D eigenvalue weighted by atomic mass is 9.91. The van der Waals surface area contributed by atoms with Crippen LogP contribution in [0.1, 0.15) is 21.5 Å². The molecule has 2 N–H and O–H groups in total. The van der Waals surface area contributed by atoms with Gasteiger partial charge < -0.3 is 5.73 Å². The molecule has 40 heavy (non-hydrogen) atoms. The van der Waals surface area contributed by atoms with Crippen molar-refractivity contribution in [1.29, 1.82) is 5.26 Å². The summed E-state index contributed by atoms with van der Waals surface area (Å²) < 4.78 is 41.8. The first-order valence-corrected chi connectivity index (χ1v) is 12.1. The molecule has 0 spiro atoms. The van der Waals surface area contributed by atoms with E-state index in [4.69, 9.17) is 11.0 Å². The van der Waals surface area contributed by atoms with Crippen molar-refractivity contribution in [3.05, 3.63) is 126 Å². The first kappa shape index (κ1) is 26.1. The lowest BCUT2D eigenvalue weighted by Crippen LogP contribution is -2.33. The van der Waals surface area contributed by atoms with Gasteiger partial charge in [0, 0.05) is 39.6 Å². The number of nitrogens with zero attached hydrogens (tertiary/aromatic N) is 4. The quantitative estimate of drug-likeness (QED) is 0.112. The van der Waals surface area contributed by atoms with Gasteiger partial charge in [-0.3, -0.25) is 14.7 Å². The van der Waals surface area contributed by atoms with E-state index in [1.807, 2.05) is 6.07 Å². The van der Waals surface area contributed by atoms with Gasteiger partial charge in [0.05, 0.1) is 11.1 Å². The minimum absolute atomic E-state index is 0.106. The number of guanidine groups is 1. The maximum Gasteiger partial charge on any atom is 0.418 e. The zero-order valence-electron chi connectivity index (χ0n) is 20.8. The normalized spacial score (nSPS) is 11.7. The topological polar surface area (TPSA) is 95.4 Å². The van der Waals surface area contributed by atoms with Crippen molar-refractivity contribution in [2.24, 2.45) is 10.7 Å². The third kappa shape index (κ3) is 4.98. The third-order valence-corrected chi connectivity index (χ3v) is 6.28. The minimum atomic E-state index is -4.65. The molecule has 0 aliphatic carbocycles. The van der Waals surface area contributed by atoms with Crippen LogP contribution in [-0.4, -0.2) is 16.7 Å². The van der Waals surface area contributed by atoms with E-state index >= 15 is 0 Å². The van der Waals surface area contributed by atoms with E-state index in [-0.39, 0.29) is 28.0 Å². The van der Waals surface area contributed by atoms with Gasteiger partial charge in [-0.25, -0.2) is 0 Å². The molecule has 0 saturated carbocycles. The van der Waals surface area contributed by atoms with Crippen LogP contribution in [0.25, 0.3) is 22.0 Å². The van der Waals surface area contributed by atoms with Crippen molar-refractivity contribution in [2.45, 2.75) is 6.18 Å². The molecular weight excluding hydrogens is 515 g/mol. The van der Waals surface area contributed by atoms with E-state index in [1.165, 1.54) is 23.2 Å². The van der Waals surface area contributed by atoms with Crippen LogP contribution in [-0.2, 0) is 6.18 Å². The van der Waals surface area contributed by atoms with Gasteiger partial charge in [0.15, 0.2) is 5.78 Å². The van der Waals surface area contributed by atoms with Crippen molar-refractivity contribution in [1.82, 2.24) is 4.98 Å². The summed E-state index contributed by atoms with van der Waals surface area (Å²) in [6.45, 7) is 0. The van der Waals surface area contributed by atoms with E-state index in [9.17, 15) is 18.0 Å². The van der Waals surface area contributed by atoms with Gasteiger partial charge >= 0.3 is 6.18 Å². The Labute approximate surface area is 227 Å². The summed E-state index contributed by atoms with van der Waals surface area (Å²) in [4.78, 5) is 23.0. The summed E-state index contributed by atoms with van der Waals surface area (Å²) in [5, 5.41) is 9.31. The average Bonchev–Trinajstić information content (AvgIpc) is 2.97. The van der Waals surface area contributed by atoms with Crippen LogP contribution in [0.3, 0.4) is 0 Å². The Morgan fingerprint density at radius 1 is 0.875 bits per heavy atom. The molecule has 196 valence electrons. The molecule has 0 aliphatic heterocycles. The molecule has 1 heterocycles. The Hall–Kier alpha value is -5.49. The summed E-state index contributed by atoms with van der Waals surface area (Å²) in [7, 11) is 0. The molecule has 4 aromatic carbocycles. The second kappa shape index (κ2) is 10.7. The molecule has 0 aliphatic rings. The molecule has 5 rings (SSSR count). The highest BCUT2D eigenvalue weighted by atomic mass is 19.4. The summed E-state index contributed by atoms with van der Waals surface area (Å²) in [6, 6.07) is 28.0. The number of nitriles is 1. The number of aromatic nitrogens is 1. The predicted molar refractivity (Wildman–Crippen MR) is 148 cm³/mol. The first-order valence-electron chi connectivity index (χ1n) is 12.1. The van der Waals surface area contributed by atoms with Gasteiger partial charge in [-0.1, -0.05) is 72.8 Å². The Morgan fingerprint density at radius 2 is 1.52 bits per heavy atom. The fourth-order valence-electron chi connectivity index (χ4n) is 4.57. The number of para-hydroxylation sites is 2. The zero-order valence-corrected chi connectivity index (χ0v) is 20.8. The van der Waals surface area contributed by atoms with Gasteiger partial charge in [-0.15, -0.1) is 4.99 Å². The number of nitrogens with two attached hydrogens (primary N) is 1. The van der Waals surface area contributed by atoms with Crippen LogP contribution >= 0.6 is 0 Å². The van der Waals surface area contributed by atoms with Crippen LogP contribution in [0.15, 0.2) is 114 Å². The molecule has 0 amide bonds.